The maximum Gasteiger partial charge on any atom is 0.330 e. The van der Waals surface area contributed by atoms with Gasteiger partial charge in [0.1, 0.15) is 24.9 Å². The van der Waals surface area contributed by atoms with Gasteiger partial charge in [-0.3, -0.25) is 14.3 Å². The van der Waals surface area contributed by atoms with Gasteiger partial charge in [-0.25, -0.2) is 9.90 Å². The van der Waals surface area contributed by atoms with Crippen molar-refractivity contribution in [1.29, 1.82) is 0 Å². The van der Waals surface area contributed by atoms with Crippen molar-refractivity contribution in [2.45, 2.75) is 24.5 Å². The van der Waals surface area contributed by atoms with Gasteiger partial charge in [-0.1, -0.05) is 0 Å². The van der Waals surface area contributed by atoms with Crippen molar-refractivity contribution in [2.75, 3.05) is 6.61 Å². The fraction of sp³-hybridized carbons (Fsp3) is 0.556. The first-order valence-electron chi connectivity index (χ1n) is 5.06. The molecule has 1 aromatic rings. The van der Waals surface area contributed by atoms with E-state index in [4.69, 9.17) is 4.74 Å². The van der Waals surface area contributed by atoms with Gasteiger partial charge in [-0.2, -0.15) is 0 Å². The molecule has 9 heteroatoms. The van der Waals surface area contributed by atoms with Crippen LogP contribution in [0.1, 0.15) is 6.23 Å². The summed E-state index contributed by atoms with van der Waals surface area (Å²) in [5.74, 6) is 0. The zero-order valence-electron chi connectivity index (χ0n) is 8.95. The quantitative estimate of drug-likeness (QED) is 0.602. The summed E-state index contributed by atoms with van der Waals surface area (Å²) < 4.78 is 6.08. The minimum Gasteiger partial charge on any atom is -0.387 e. The van der Waals surface area contributed by atoms with Gasteiger partial charge >= 0.3 is 5.69 Å². The Hall–Kier alpha value is -1.00. The minimum absolute atomic E-state index is 0.0676. The average Bonchev–Trinajstić information content (AvgIpc) is 2.61. The molecule has 0 bridgehead atoms. The number of hydrogen-bond acceptors (Lipinski definition) is 5. The van der Waals surface area contributed by atoms with E-state index in [9.17, 15) is 24.9 Å². The fourth-order valence-electron chi connectivity index (χ4n) is 1.75. The standard InChI is InChI=1S/C9H10BrN2O6/c10-3-1-12(9(17)11-7(3)16)8-6(15)5(14)4(2-13)18-8/h1,4-6,8,14-15H,2H2,(H,11,16,17)/t4-,5-,6-,8-/m1/s1. The molecule has 1 radical (unpaired) electrons. The molecule has 0 spiro atoms. The molecule has 8 nitrogen and oxygen atoms in total. The van der Waals surface area contributed by atoms with Gasteiger partial charge in [0.2, 0.25) is 0 Å². The lowest BCUT2D eigenvalue weighted by Gasteiger charge is -2.17. The van der Waals surface area contributed by atoms with Gasteiger partial charge < -0.3 is 14.9 Å². The first-order valence-corrected chi connectivity index (χ1v) is 5.85. The average molecular weight is 322 g/mol. The fourth-order valence-corrected chi connectivity index (χ4v) is 2.07. The Morgan fingerprint density at radius 1 is 1.39 bits per heavy atom. The molecule has 2 heterocycles. The van der Waals surface area contributed by atoms with Crippen LogP contribution in [0, 0.1) is 0 Å². The molecule has 1 saturated heterocycles. The number of aliphatic hydroxyl groups excluding tert-OH is 2. The summed E-state index contributed by atoms with van der Waals surface area (Å²) in [6.45, 7) is -0.742. The van der Waals surface area contributed by atoms with Gasteiger partial charge in [0, 0.05) is 6.20 Å². The van der Waals surface area contributed by atoms with Crippen molar-refractivity contribution in [3.63, 3.8) is 0 Å². The lowest BCUT2D eigenvalue weighted by Crippen LogP contribution is -2.38. The molecular weight excluding hydrogens is 312 g/mol. The van der Waals surface area contributed by atoms with Crippen molar-refractivity contribution in [3.05, 3.63) is 31.5 Å². The van der Waals surface area contributed by atoms with Crippen LogP contribution in [0.3, 0.4) is 0 Å². The summed E-state index contributed by atoms with van der Waals surface area (Å²) >= 11 is 2.93. The van der Waals surface area contributed by atoms with E-state index in [1.165, 1.54) is 0 Å². The van der Waals surface area contributed by atoms with Crippen LogP contribution in [0.5, 0.6) is 0 Å². The predicted octanol–water partition coefficient (Wildman–Crippen LogP) is -1.65. The largest absolute Gasteiger partial charge is 0.387 e. The van der Waals surface area contributed by atoms with Crippen LogP contribution in [0.2, 0.25) is 0 Å². The Labute approximate surface area is 109 Å². The van der Waals surface area contributed by atoms with E-state index in [-0.39, 0.29) is 4.47 Å². The SMILES string of the molecule is [O]C[C@H]1O[C@@H](n2cc(Br)c(=O)[nH]c2=O)[C@H](O)[C@@H]1O. The number of halogens is 1. The number of rotatable bonds is 2. The molecule has 0 aromatic carbocycles. The lowest BCUT2D eigenvalue weighted by atomic mass is 10.1. The zero-order valence-corrected chi connectivity index (χ0v) is 10.5. The molecule has 0 unspecified atom stereocenters. The predicted molar refractivity (Wildman–Crippen MR) is 60.5 cm³/mol. The van der Waals surface area contributed by atoms with Gasteiger partial charge in [-0.15, -0.1) is 0 Å². The van der Waals surface area contributed by atoms with Crippen LogP contribution < -0.4 is 11.2 Å². The van der Waals surface area contributed by atoms with Gasteiger partial charge in [0.15, 0.2) is 6.23 Å². The molecule has 1 fully saturated rings. The Balaban J connectivity index is 2.42. The number of aliphatic hydroxyl groups is 2. The Bertz CT molecular complexity index is 555. The molecular formula is C9H10BrN2O6. The van der Waals surface area contributed by atoms with Gasteiger partial charge in [-0.05, 0) is 15.9 Å². The summed E-state index contributed by atoms with van der Waals surface area (Å²) in [5, 5.41) is 30.0. The second kappa shape index (κ2) is 4.94. The van der Waals surface area contributed by atoms with E-state index in [1.54, 1.807) is 0 Å². The first kappa shape index (κ1) is 13.4. The highest BCUT2D eigenvalue weighted by molar-refractivity contribution is 9.10. The highest BCUT2D eigenvalue weighted by Crippen LogP contribution is 2.28. The third kappa shape index (κ3) is 2.15. The molecule has 0 amide bonds. The molecule has 1 aromatic heterocycles. The van der Waals surface area contributed by atoms with Crippen LogP contribution in [0.25, 0.3) is 0 Å². The molecule has 3 N–H and O–H groups in total. The number of H-pyrrole nitrogens is 1. The molecule has 0 saturated carbocycles. The number of aromatic amines is 1. The lowest BCUT2D eigenvalue weighted by molar-refractivity contribution is -0.0656. The molecule has 1 aliphatic rings. The summed E-state index contributed by atoms with van der Waals surface area (Å²) in [5.41, 5.74) is -1.42. The molecule has 1 aliphatic heterocycles. The van der Waals surface area contributed by atoms with Crippen molar-refractivity contribution in [3.8, 4) is 0 Å². The summed E-state index contributed by atoms with van der Waals surface area (Å²) in [7, 11) is 0. The Kier molecular flexibility index (Phi) is 3.69. The molecule has 99 valence electrons. The number of nitrogens with zero attached hydrogens (tertiary/aromatic N) is 1. The molecule has 18 heavy (non-hydrogen) atoms. The minimum atomic E-state index is -1.42. The number of aromatic nitrogens is 2. The van der Waals surface area contributed by atoms with E-state index in [0.717, 1.165) is 10.8 Å². The van der Waals surface area contributed by atoms with Crippen molar-refractivity contribution >= 4 is 15.9 Å². The number of ether oxygens (including phenoxy) is 1. The van der Waals surface area contributed by atoms with E-state index in [2.05, 4.69) is 15.9 Å². The van der Waals surface area contributed by atoms with E-state index in [0.29, 0.717) is 0 Å². The molecule has 2 rings (SSSR count). The third-order valence-electron chi connectivity index (χ3n) is 2.70. The first-order chi connectivity index (χ1) is 8.45. The second-order valence-corrected chi connectivity index (χ2v) is 4.71. The van der Waals surface area contributed by atoms with Crippen molar-refractivity contribution in [2.24, 2.45) is 0 Å². The van der Waals surface area contributed by atoms with Crippen molar-refractivity contribution < 1.29 is 20.1 Å². The summed E-state index contributed by atoms with van der Waals surface area (Å²) in [6, 6.07) is 0. The maximum atomic E-state index is 11.6. The van der Waals surface area contributed by atoms with E-state index in [1.807, 2.05) is 4.98 Å². The number of hydrogen-bond donors (Lipinski definition) is 3. The molecule has 0 aliphatic carbocycles. The maximum absolute atomic E-state index is 11.6. The topological polar surface area (TPSA) is 124 Å². The highest BCUT2D eigenvalue weighted by atomic mass is 79.9. The van der Waals surface area contributed by atoms with Gasteiger partial charge in [0.05, 0.1) is 4.47 Å². The van der Waals surface area contributed by atoms with E-state index >= 15 is 0 Å². The number of nitrogens with one attached hydrogen (secondary N) is 1. The zero-order chi connectivity index (χ0) is 13.4. The smallest absolute Gasteiger partial charge is 0.330 e. The third-order valence-corrected chi connectivity index (χ3v) is 3.26. The molecule has 4 atom stereocenters. The summed E-state index contributed by atoms with van der Waals surface area (Å²) in [4.78, 5) is 24.7. The van der Waals surface area contributed by atoms with Crippen LogP contribution in [-0.4, -0.2) is 44.7 Å². The monoisotopic (exact) mass is 321 g/mol. The second-order valence-electron chi connectivity index (χ2n) is 3.86. The van der Waals surface area contributed by atoms with E-state index < -0.39 is 42.4 Å². The van der Waals surface area contributed by atoms with Crippen LogP contribution in [0.15, 0.2) is 20.3 Å². The Morgan fingerprint density at radius 3 is 2.61 bits per heavy atom. The van der Waals surface area contributed by atoms with Crippen LogP contribution >= 0.6 is 15.9 Å². The normalized spacial score (nSPS) is 31.8. The van der Waals surface area contributed by atoms with Crippen LogP contribution in [0.4, 0.5) is 0 Å². The van der Waals surface area contributed by atoms with Crippen molar-refractivity contribution in [1.82, 2.24) is 9.55 Å². The Morgan fingerprint density at radius 2 is 2.06 bits per heavy atom. The highest BCUT2D eigenvalue weighted by Gasteiger charge is 2.44. The van der Waals surface area contributed by atoms with Crippen LogP contribution in [-0.2, 0) is 9.84 Å². The summed E-state index contributed by atoms with van der Waals surface area (Å²) in [6.07, 6.45) is -3.96. The van der Waals surface area contributed by atoms with Gasteiger partial charge in [0.25, 0.3) is 5.56 Å².